The topological polar surface area (TPSA) is 21.3 Å². The van der Waals surface area contributed by atoms with Crippen molar-refractivity contribution in [2.75, 3.05) is 14.2 Å². The molecule has 0 heterocycles. The minimum Gasteiger partial charge on any atom is -0.497 e. The second-order valence-corrected chi connectivity index (χ2v) is 5.38. The Hall–Kier alpha value is -1.51. The maximum absolute atomic E-state index is 6.40. The number of aryl methyl sites for hydroxylation is 2. The number of hydrogen-bond acceptors (Lipinski definition) is 2. The van der Waals surface area contributed by atoms with Gasteiger partial charge in [-0.25, -0.2) is 0 Å². The van der Waals surface area contributed by atoms with Crippen molar-refractivity contribution in [3.63, 3.8) is 0 Å². The Morgan fingerprint density at radius 1 is 1.05 bits per heavy atom. The van der Waals surface area contributed by atoms with E-state index in [0.717, 1.165) is 16.3 Å². The van der Waals surface area contributed by atoms with Gasteiger partial charge in [-0.1, -0.05) is 29.8 Å². The molecule has 2 aromatic rings. The fourth-order valence-corrected chi connectivity index (χ4v) is 2.79. The van der Waals surface area contributed by atoms with Gasteiger partial charge in [0.1, 0.15) is 5.75 Å². The minimum absolute atomic E-state index is 0.0778. The molecule has 0 aliphatic heterocycles. The molecular weight excluding hydrogens is 270 g/mol. The zero-order valence-corrected chi connectivity index (χ0v) is 13.1. The highest BCUT2D eigenvalue weighted by Crippen LogP contribution is 2.31. The second-order valence-electron chi connectivity index (χ2n) is 4.97. The molecule has 1 unspecified atom stereocenters. The lowest BCUT2D eigenvalue weighted by Gasteiger charge is -2.21. The zero-order chi connectivity index (χ0) is 14.7. The van der Waals surface area contributed by atoms with E-state index in [1.165, 1.54) is 16.7 Å². The summed E-state index contributed by atoms with van der Waals surface area (Å²) in [4.78, 5) is 0. The second kappa shape index (κ2) is 6.29. The third-order valence-electron chi connectivity index (χ3n) is 3.54. The molecular formula is C17H20ClNO. The van der Waals surface area contributed by atoms with E-state index >= 15 is 0 Å². The summed E-state index contributed by atoms with van der Waals surface area (Å²) in [7, 11) is 3.63. The van der Waals surface area contributed by atoms with Crippen molar-refractivity contribution in [3.05, 3.63) is 63.7 Å². The van der Waals surface area contributed by atoms with E-state index in [1.807, 2.05) is 32.2 Å². The van der Waals surface area contributed by atoms with Gasteiger partial charge in [0.15, 0.2) is 0 Å². The van der Waals surface area contributed by atoms with E-state index < -0.39 is 0 Å². The van der Waals surface area contributed by atoms with Crippen molar-refractivity contribution in [3.8, 4) is 5.75 Å². The van der Waals surface area contributed by atoms with Crippen LogP contribution in [-0.4, -0.2) is 14.2 Å². The molecule has 0 radical (unpaired) electrons. The molecule has 0 aliphatic rings. The van der Waals surface area contributed by atoms with E-state index in [0.29, 0.717) is 0 Å². The van der Waals surface area contributed by atoms with E-state index in [2.05, 4.69) is 30.4 Å². The maximum atomic E-state index is 6.40. The first kappa shape index (κ1) is 14.9. The van der Waals surface area contributed by atoms with Crippen LogP contribution >= 0.6 is 11.6 Å². The van der Waals surface area contributed by atoms with Crippen LogP contribution < -0.4 is 10.1 Å². The van der Waals surface area contributed by atoms with Crippen LogP contribution in [0.2, 0.25) is 5.02 Å². The molecule has 2 aromatic carbocycles. The smallest absolute Gasteiger partial charge is 0.119 e. The summed E-state index contributed by atoms with van der Waals surface area (Å²) in [5.41, 5.74) is 4.65. The molecule has 20 heavy (non-hydrogen) atoms. The summed E-state index contributed by atoms with van der Waals surface area (Å²) in [6.45, 7) is 4.13. The lowest BCUT2D eigenvalue weighted by molar-refractivity contribution is 0.414. The number of methoxy groups -OCH3 is 1. The van der Waals surface area contributed by atoms with E-state index in [1.54, 1.807) is 7.11 Å². The molecule has 0 amide bonds. The Bertz CT molecular complexity index is 610. The zero-order valence-electron chi connectivity index (χ0n) is 12.3. The molecule has 2 rings (SSSR count). The van der Waals surface area contributed by atoms with Gasteiger partial charge in [-0.3, -0.25) is 0 Å². The van der Waals surface area contributed by atoms with Crippen LogP contribution in [0.4, 0.5) is 0 Å². The highest BCUT2D eigenvalue weighted by Gasteiger charge is 2.17. The first-order valence-electron chi connectivity index (χ1n) is 6.64. The van der Waals surface area contributed by atoms with Crippen molar-refractivity contribution in [1.82, 2.24) is 5.32 Å². The molecule has 0 aromatic heterocycles. The van der Waals surface area contributed by atoms with E-state index in [4.69, 9.17) is 16.3 Å². The first-order chi connectivity index (χ1) is 9.56. The normalized spacial score (nSPS) is 12.2. The van der Waals surface area contributed by atoms with Crippen molar-refractivity contribution in [1.29, 1.82) is 0 Å². The largest absolute Gasteiger partial charge is 0.497 e. The summed E-state index contributed by atoms with van der Waals surface area (Å²) in [6, 6.07) is 12.4. The number of hydrogen-bond donors (Lipinski definition) is 1. The first-order valence-corrected chi connectivity index (χ1v) is 7.02. The molecule has 0 saturated carbocycles. The molecule has 0 bridgehead atoms. The molecule has 0 aliphatic carbocycles. The predicted octanol–water partition coefficient (Wildman–Crippen LogP) is 4.27. The quantitative estimate of drug-likeness (QED) is 0.907. The van der Waals surface area contributed by atoms with Crippen LogP contribution in [0.5, 0.6) is 5.75 Å². The number of rotatable bonds is 4. The van der Waals surface area contributed by atoms with Crippen LogP contribution in [0.15, 0.2) is 36.4 Å². The van der Waals surface area contributed by atoms with Gasteiger partial charge in [0, 0.05) is 5.02 Å². The highest BCUT2D eigenvalue weighted by molar-refractivity contribution is 6.31. The Labute approximate surface area is 125 Å². The molecule has 1 atom stereocenters. The third kappa shape index (κ3) is 2.97. The van der Waals surface area contributed by atoms with Crippen LogP contribution in [0.1, 0.15) is 28.3 Å². The van der Waals surface area contributed by atoms with Crippen LogP contribution in [0, 0.1) is 13.8 Å². The Kier molecular flexibility index (Phi) is 4.69. The van der Waals surface area contributed by atoms with Gasteiger partial charge in [0.2, 0.25) is 0 Å². The van der Waals surface area contributed by atoms with Gasteiger partial charge < -0.3 is 10.1 Å². The van der Waals surface area contributed by atoms with Crippen LogP contribution in [-0.2, 0) is 0 Å². The minimum atomic E-state index is 0.0778. The molecule has 0 spiro atoms. The fraction of sp³-hybridized carbons (Fsp3) is 0.294. The maximum Gasteiger partial charge on any atom is 0.119 e. The van der Waals surface area contributed by atoms with Crippen molar-refractivity contribution >= 4 is 11.6 Å². The Morgan fingerprint density at radius 2 is 1.75 bits per heavy atom. The van der Waals surface area contributed by atoms with Crippen molar-refractivity contribution in [2.45, 2.75) is 19.9 Å². The lowest BCUT2D eigenvalue weighted by atomic mass is 9.94. The van der Waals surface area contributed by atoms with Gasteiger partial charge in [-0.2, -0.15) is 0 Å². The molecule has 2 nitrogen and oxygen atoms in total. The van der Waals surface area contributed by atoms with Crippen LogP contribution in [0.25, 0.3) is 0 Å². The van der Waals surface area contributed by atoms with Crippen molar-refractivity contribution in [2.24, 2.45) is 0 Å². The predicted molar refractivity (Wildman–Crippen MR) is 84.8 cm³/mol. The SMILES string of the molecule is CNC(c1ccc(OC)cc1C)c1ccc(C)cc1Cl. The molecule has 0 saturated heterocycles. The molecule has 0 fully saturated rings. The summed E-state index contributed by atoms with van der Waals surface area (Å²) in [5.74, 6) is 0.871. The van der Waals surface area contributed by atoms with E-state index in [9.17, 15) is 0 Å². The molecule has 106 valence electrons. The number of nitrogens with one attached hydrogen (secondary N) is 1. The van der Waals surface area contributed by atoms with E-state index in [-0.39, 0.29) is 6.04 Å². The molecule has 1 N–H and O–H groups in total. The monoisotopic (exact) mass is 289 g/mol. The third-order valence-corrected chi connectivity index (χ3v) is 3.87. The number of ether oxygens (including phenoxy) is 1. The summed E-state index contributed by atoms with van der Waals surface area (Å²) >= 11 is 6.40. The summed E-state index contributed by atoms with van der Waals surface area (Å²) < 4.78 is 5.26. The number of halogens is 1. The average Bonchev–Trinajstić information content (AvgIpc) is 2.43. The van der Waals surface area contributed by atoms with Gasteiger partial charge >= 0.3 is 0 Å². The Morgan fingerprint density at radius 3 is 2.30 bits per heavy atom. The number of benzene rings is 2. The van der Waals surface area contributed by atoms with Gasteiger partial charge in [0.25, 0.3) is 0 Å². The highest BCUT2D eigenvalue weighted by atomic mass is 35.5. The average molecular weight is 290 g/mol. The summed E-state index contributed by atoms with van der Waals surface area (Å²) in [6.07, 6.45) is 0. The molecule has 3 heteroatoms. The summed E-state index contributed by atoms with van der Waals surface area (Å²) in [5, 5.41) is 4.14. The van der Waals surface area contributed by atoms with Gasteiger partial charge in [-0.05, 0) is 61.3 Å². The lowest BCUT2D eigenvalue weighted by Crippen LogP contribution is -2.19. The van der Waals surface area contributed by atoms with Gasteiger partial charge in [0.05, 0.1) is 13.2 Å². The fourth-order valence-electron chi connectivity index (χ4n) is 2.44. The standard InChI is InChI=1S/C17H20ClNO/c1-11-5-7-15(16(18)9-11)17(19-3)14-8-6-13(20-4)10-12(14)2/h5-10,17,19H,1-4H3. The Balaban J connectivity index is 2.47. The van der Waals surface area contributed by atoms with Crippen molar-refractivity contribution < 1.29 is 4.74 Å². The van der Waals surface area contributed by atoms with Crippen LogP contribution in [0.3, 0.4) is 0 Å². The van der Waals surface area contributed by atoms with Gasteiger partial charge in [-0.15, -0.1) is 0 Å².